The fraction of sp³-hybridized carbons (Fsp3) is 0.348. The summed E-state index contributed by atoms with van der Waals surface area (Å²) in [6.45, 7) is 3.53. The fourth-order valence-corrected chi connectivity index (χ4v) is 3.91. The number of hydrogen-bond acceptors (Lipinski definition) is 3. The van der Waals surface area contributed by atoms with E-state index in [9.17, 15) is 0 Å². The summed E-state index contributed by atoms with van der Waals surface area (Å²) in [7, 11) is 1.83. The van der Waals surface area contributed by atoms with E-state index in [1.807, 2.05) is 37.4 Å². The number of likely N-dealkylation sites (tertiary alicyclic amines) is 1. The molecule has 4 heteroatoms. The molecule has 0 saturated carbocycles. The predicted molar refractivity (Wildman–Crippen MR) is 107 cm³/mol. The lowest BCUT2D eigenvalue weighted by atomic mass is 10.1. The largest absolute Gasteiger partial charge is 0.487 e. The van der Waals surface area contributed by atoms with Crippen molar-refractivity contribution in [3.05, 3.63) is 71.9 Å². The Morgan fingerprint density at radius 2 is 1.78 bits per heavy atom. The molecule has 0 aliphatic carbocycles. The molecule has 140 valence electrons. The molecule has 0 amide bonds. The Morgan fingerprint density at radius 1 is 0.926 bits per heavy atom. The Balaban J connectivity index is 1.44. The standard InChI is InChI=1S/C23H27N2O2/c1-26-25(14-5-2-6-15-25)17-19-8-7-10-22(16-19)27-18-21-13-12-20-9-3-4-11-23(20)24-21/h3-4,7-13,16H,2,5-6,14-15,17-18H2,1H3/q+1. The number of rotatable bonds is 6. The SMILES string of the molecule is CO[N+]1(Cc2cccc(OCc3ccc4ccccc4n3)c2)CCCCC1. The van der Waals surface area contributed by atoms with Crippen LogP contribution in [0.15, 0.2) is 60.7 Å². The zero-order valence-corrected chi connectivity index (χ0v) is 15.9. The van der Waals surface area contributed by atoms with Crippen LogP contribution >= 0.6 is 0 Å². The van der Waals surface area contributed by atoms with Crippen molar-refractivity contribution in [2.24, 2.45) is 0 Å². The summed E-state index contributed by atoms with van der Waals surface area (Å²) in [5, 5.41) is 1.15. The first kappa shape index (κ1) is 18.0. The molecule has 1 aliphatic heterocycles. The minimum absolute atomic E-state index is 0.471. The van der Waals surface area contributed by atoms with E-state index in [4.69, 9.17) is 9.57 Å². The summed E-state index contributed by atoms with van der Waals surface area (Å²) in [5.41, 5.74) is 3.20. The highest BCUT2D eigenvalue weighted by atomic mass is 16.7. The molecule has 2 aromatic carbocycles. The van der Waals surface area contributed by atoms with Crippen LogP contribution in [0.2, 0.25) is 0 Å². The number of aromatic nitrogens is 1. The highest BCUT2D eigenvalue weighted by molar-refractivity contribution is 5.78. The van der Waals surface area contributed by atoms with Crippen molar-refractivity contribution in [3.8, 4) is 5.75 Å². The van der Waals surface area contributed by atoms with Gasteiger partial charge in [0.2, 0.25) is 0 Å². The lowest BCUT2D eigenvalue weighted by Crippen LogP contribution is -2.49. The van der Waals surface area contributed by atoms with Gasteiger partial charge in [0, 0.05) is 10.9 Å². The number of benzene rings is 2. The van der Waals surface area contributed by atoms with Crippen LogP contribution in [0.25, 0.3) is 10.9 Å². The molecule has 0 radical (unpaired) electrons. The monoisotopic (exact) mass is 363 g/mol. The number of nitrogens with zero attached hydrogens (tertiary/aromatic N) is 2. The van der Waals surface area contributed by atoms with Gasteiger partial charge in [-0.05, 0) is 43.5 Å². The molecular formula is C23H27N2O2+. The minimum atomic E-state index is 0.471. The van der Waals surface area contributed by atoms with Crippen molar-refractivity contribution in [2.75, 3.05) is 20.2 Å². The normalized spacial score (nSPS) is 16.3. The third-order valence-electron chi connectivity index (χ3n) is 5.43. The van der Waals surface area contributed by atoms with E-state index in [2.05, 4.69) is 35.3 Å². The van der Waals surface area contributed by atoms with Crippen LogP contribution in [0.3, 0.4) is 0 Å². The second-order valence-corrected chi connectivity index (χ2v) is 7.34. The van der Waals surface area contributed by atoms with Crippen molar-refractivity contribution in [3.63, 3.8) is 0 Å². The molecule has 3 aromatic rings. The van der Waals surface area contributed by atoms with Crippen LogP contribution in [0, 0.1) is 0 Å². The van der Waals surface area contributed by atoms with Gasteiger partial charge in [-0.3, -0.25) is 0 Å². The third kappa shape index (κ3) is 4.29. The van der Waals surface area contributed by atoms with Crippen LogP contribution in [0.5, 0.6) is 5.75 Å². The average molecular weight is 363 g/mol. The van der Waals surface area contributed by atoms with Gasteiger partial charge >= 0.3 is 0 Å². The van der Waals surface area contributed by atoms with Crippen LogP contribution in [-0.2, 0) is 18.0 Å². The number of para-hydroxylation sites is 1. The number of hydrogen-bond donors (Lipinski definition) is 0. The second-order valence-electron chi connectivity index (χ2n) is 7.34. The Labute approximate surface area is 160 Å². The van der Waals surface area contributed by atoms with E-state index in [-0.39, 0.29) is 0 Å². The number of piperidine rings is 1. The van der Waals surface area contributed by atoms with Crippen molar-refractivity contribution >= 4 is 10.9 Å². The lowest BCUT2D eigenvalue weighted by molar-refractivity contribution is -1.11. The summed E-state index contributed by atoms with van der Waals surface area (Å²) in [4.78, 5) is 10.6. The molecule has 0 bridgehead atoms. The van der Waals surface area contributed by atoms with E-state index in [0.717, 1.165) is 46.6 Å². The fourth-order valence-electron chi connectivity index (χ4n) is 3.91. The minimum Gasteiger partial charge on any atom is -0.487 e. The van der Waals surface area contributed by atoms with Gasteiger partial charge in [-0.15, -0.1) is 0 Å². The first-order valence-corrected chi connectivity index (χ1v) is 9.75. The summed E-state index contributed by atoms with van der Waals surface area (Å²) in [6.07, 6.45) is 3.78. The van der Waals surface area contributed by atoms with Gasteiger partial charge in [-0.1, -0.05) is 36.4 Å². The molecule has 1 aromatic heterocycles. The highest BCUT2D eigenvalue weighted by Gasteiger charge is 2.31. The second kappa shape index (κ2) is 8.07. The molecule has 0 N–H and O–H groups in total. The maximum atomic E-state index is 6.03. The number of ether oxygens (including phenoxy) is 1. The van der Waals surface area contributed by atoms with Gasteiger partial charge in [-0.25, -0.2) is 9.82 Å². The molecule has 0 atom stereocenters. The summed E-state index contributed by atoms with van der Waals surface area (Å²) >= 11 is 0. The molecule has 27 heavy (non-hydrogen) atoms. The van der Waals surface area contributed by atoms with Gasteiger partial charge in [0.1, 0.15) is 32.0 Å². The third-order valence-corrected chi connectivity index (χ3v) is 5.43. The van der Waals surface area contributed by atoms with Gasteiger partial charge < -0.3 is 4.74 Å². The van der Waals surface area contributed by atoms with E-state index in [1.165, 1.54) is 24.8 Å². The van der Waals surface area contributed by atoms with Gasteiger partial charge in [0.15, 0.2) is 0 Å². The number of pyridine rings is 1. The van der Waals surface area contributed by atoms with E-state index >= 15 is 0 Å². The molecule has 0 spiro atoms. The first-order valence-electron chi connectivity index (χ1n) is 9.75. The maximum absolute atomic E-state index is 6.03. The Hall–Kier alpha value is -2.43. The molecule has 4 nitrogen and oxygen atoms in total. The zero-order chi connectivity index (χ0) is 18.5. The average Bonchev–Trinajstić information content (AvgIpc) is 2.73. The van der Waals surface area contributed by atoms with Crippen LogP contribution in [0.1, 0.15) is 30.5 Å². The molecule has 1 fully saturated rings. The lowest BCUT2D eigenvalue weighted by Gasteiger charge is -2.37. The Morgan fingerprint density at radius 3 is 2.63 bits per heavy atom. The molecule has 4 rings (SSSR count). The Kier molecular flexibility index (Phi) is 5.37. The van der Waals surface area contributed by atoms with Crippen molar-refractivity contribution in [1.82, 2.24) is 4.98 Å². The molecule has 1 saturated heterocycles. The quantitative estimate of drug-likeness (QED) is 0.585. The zero-order valence-electron chi connectivity index (χ0n) is 15.9. The maximum Gasteiger partial charge on any atom is 0.135 e. The van der Waals surface area contributed by atoms with Gasteiger partial charge in [0.05, 0.1) is 18.3 Å². The summed E-state index contributed by atoms with van der Waals surface area (Å²) in [6, 6.07) is 20.7. The predicted octanol–water partition coefficient (Wildman–Crippen LogP) is 4.88. The molecule has 2 heterocycles. The van der Waals surface area contributed by atoms with E-state index in [0.29, 0.717) is 6.61 Å². The van der Waals surface area contributed by atoms with Crippen LogP contribution < -0.4 is 4.74 Å². The number of fused-ring (bicyclic) bond motifs is 1. The summed E-state index contributed by atoms with van der Waals surface area (Å²) in [5.74, 6) is 0.883. The molecule has 0 unspecified atom stereocenters. The summed E-state index contributed by atoms with van der Waals surface area (Å²) < 4.78 is 6.75. The van der Waals surface area contributed by atoms with E-state index < -0.39 is 0 Å². The van der Waals surface area contributed by atoms with Crippen LogP contribution in [0.4, 0.5) is 0 Å². The van der Waals surface area contributed by atoms with Crippen LogP contribution in [-0.4, -0.2) is 29.8 Å². The smallest absolute Gasteiger partial charge is 0.135 e. The van der Waals surface area contributed by atoms with E-state index in [1.54, 1.807) is 0 Å². The molecule has 1 aliphatic rings. The van der Waals surface area contributed by atoms with Gasteiger partial charge in [-0.2, -0.15) is 4.65 Å². The number of hydroxylamine groups is 3. The topological polar surface area (TPSA) is 31.4 Å². The van der Waals surface area contributed by atoms with Crippen molar-refractivity contribution in [1.29, 1.82) is 0 Å². The Bertz CT molecular complexity index is 904. The first-order chi connectivity index (χ1) is 13.3. The van der Waals surface area contributed by atoms with Crippen molar-refractivity contribution in [2.45, 2.75) is 32.4 Å². The highest BCUT2D eigenvalue weighted by Crippen LogP contribution is 2.25. The van der Waals surface area contributed by atoms with Crippen molar-refractivity contribution < 1.29 is 14.2 Å². The molecular weight excluding hydrogens is 336 g/mol. The van der Waals surface area contributed by atoms with Gasteiger partial charge in [0.25, 0.3) is 0 Å². The number of quaternary nitrogens is 1.